The fraction of sp³-hybridized carbons (Fsp3) is 0.429. The molecule has 0 aliphatic heterocycles. The van der Waals surface area contributed by atoms with Crippen molar-refractivity contribution in [2.75, 3.05) is 20.6 Å². The van der Waals surface area contributed by atoms with Gasteiger partial charge in [0, 0.05) is 26.1 Å². The van der Waals surface area contributed by atoms with Crippen LogP contribution in [0.3, 0.4) is 0 Å². The Morgan fingerprint density at radius 3 is 2.89 bits per heavy atom. The van der Waals surface area contributed by atoms with Gasteiger partial charge < -0.3 is 10.2 Å². The SMILES string of the molecule is CNC(=O)C(C)CN(C)Cc1cccc(C#N)c1. The van der Waals surface area contributed by atoms with Crippen LogP contribution in [0.25, 0.3) is 0 Å². The summed E-state index contributed by atoms with van der Waals surface area (Å²) in [6.45, 7) is 3.33. The highest BCUT2D eigenvalue weighted by Crippen LogP contribution is 2.08. The molecule has 18 heavy (non-hydrogen) atoms. The van der Waals surface area contributed by atoms with Crippen molar-refractivity contribution in [2.45, 2.75) is 13.5 Å². The molecule has 0 fully saturated rings. The summed E-state index contributed by atoms with van der Waals surface area (Å²) < 4.78 is 0. The average Bonchev–Trinajstić information content (AvgIpc) is 2.37. The molecule has 1 rings (SSSR count). The second-order valence-electron chi connectivity index (χ2n) is 4.52. The van der Waals surface area contributed by atoms with E-state index in [4.69, 9.17) is 5.26 Å². The van der Waals surface area contributed by atoms with Crippen molar-refractivity contribution in [3.8, 4) is 6.07 Å². The van der Waals surface area contributed by atoms with E-state index in [0.717, 1.165) is 12.1 Å². The van der Waals surface area contributed by atoms with Crippen LogP contribution in [0.1, 0.15) is 18.1 Å². The summed E-state index contributed by atoms with van der Waals surface area (Å²) in [7, 11) is 3.62. The van der Waals surface area contributed by atoms with Crippen molar-refractivity contribution in [3.63, 3.8) is 0 Å². The smallest absolute Gasteiger partial charge is 0.223 e. The summed E-state index contributed by atoms with van der Waals surface area (Å²) in [5, 5.41) is 11.5. The summed E-state index contributed by atoms with van der Waals surface area (Å²) in [5.74, 6) is 0.00627. The highest BCUT2D eigenvalue weighted by molar-refractivity contribution is 5.78. The van der Waals surface area contributed by atoms with Crippen molar-refractivity contribution in [1.29, 1.82) is 5.26 Å². The van der Waals surface area contributed by atoms with Gasteiger partial charge in [-0.25, -0.2) is 0 Å². The van der Waals surface area contributed by atoms with Crippen molar-refractivity contribution < 1.29 is 4.79 Å². The van der Waals surface area contributed by atoms with Crippen LogP contribution in [0.4, 0.5) is 0 Å². The molecule has 1 aromatic rings. The van der Waals surface area contributed by atoms with Crippen molar-refractivity contribution >= 4 is 5.91 Å². The number of rotatable bonds is 5. The molecule has 0 aliphatic carbocycles. The Bertz CT molecular complexity index is 451. The second-order valence-corrected chi connectivity index (χ2v) is 4.52. The number of nitrogens with zero attached hydrogens (tertiary/aromatic N) is 2. The van der Waals surface area contributed by atoms with Gasteiger partial charge in [0.15, 0.2) is 0 Å². The average molecular weight is 245 g/mol. The molecule has 1 atom stereocenters. The van der Waals surface area contributed by atoms with Gasteiger partial charge >= 0.3 is 0 Å². The third kappa shape index (κ3) is 4.19. The fourth-order valence-electron chi connectivity index (χ4n) is 1.91. The van der Waals surface area contributed by atoms with Crippen molar-refractivity contribution in [2.24, 2.45) is 5.92 Å². The van der Waals surface area contributed by atoms with Crippen molar-refractivity contribution in [1.82, 2.24) is 10.2 Å². The molecular weight excluding hydrogens is 226 g/mol. The van der Waals surface area contributed by atoms with Gasteiger partial charge in [-0.15, -0.1) is 0 Å². The number of benzene rings is 1. The molecule has 1 aromatic carbocycles. The standard InChI is InChI=1S/C14H19N3O/c1-11(14(18)16-2)9-17(3)10-13-6-4-5-12(7-13)8-15/h4-7,11H,9-10H2,1-3H3,(H,16,18). The number of hydrogen-bond acceptors (Lipinski definition) is 3. The number of amides is 1. The molecule has 1 unspecified atom stereocenters. The molecule has 0 bridgehead atoms. The van der Waals surface area contributed by atoms with E-state index in [1.165, 1.54) is 0 Å². The molecule has 96 valence electrons. The minimum Gasteiger partial charge on any atom is -0.359 e. The fourth-order valence-corrected chi connectivity index (χ4v) is 1.91. The first-order valence-corrected chi connectivity index (χ1v) is 5.96. The third-order valence-electron chi connectivity index (χ3n) is 2.79. The Morgan fingerprint density at radius 1 is 1.56 bits per heavy atom. The Balaban J connectivity index is 2.56. The first-order valence-electron chi connectivity index (χ1n) is 5.96. The van der Waals surface area contributed by atoms with E-state index in [1.807, 2.05) is 32.2 Å². The van der Waals surface area contributed by atoms with Gasteiger partial charge in [-0.2, -0.15) is 5.26 Å². The lowest BCUT2D eigenvalue weighted by Gasteiger charge is -2.20. The molecule has 0 aliphatic rings. The lowest BCUT2D eigenvalue weighted by atomic mass is 10.1. The van der Waals surface area contributed by atoms with Gasteiger partial charge in [-0.05, 0) is 24.7 Å². The molecule has 0 saturated carbocycles. The number of carbonyl (C=O) groups excluding carboxylic acids is 1. The quantitative estimate of drug-likeness (QED) is 0.852. The number of nitrogens with one attached hydrogen (secondary N) is 1. The minimum absolute atomic E-state index is 0.0425. The van der Waals surface area contributed by atoms with Crippen LogP contribution >= 0.6 is 0 Å². The summed E-state index contributed by atoms with van der Waals surface area (Å²) in [6, 6.07) is 9.66. The molecule has 4 heteroatoms. The summed E-state index contributed by atoms with van der Waals surface area (Å²) >= 11 is 0. The van der Waals surface area contributed by atoms with E-state index < -0.39 is 0 Å². The molecule has 0 spiro atoms. The molecule has 0 aromatic heterocycles. The van der Waals surface area contributed by atoms with E-state index >= 15 is 0 Å². The van der Waals surface area contributed by atoms with Gasteiger partial charge in [0.25, 0.3) is 0 Å². The van der Waals surface area contributed by atoms with Crippen LogP contribution in [0.2, 0.25) is 0 Å². The monoisotopic (exact) mass is 245 g/mol. The highest BCUT2D eigenvalue weighted by atomic mass is 16.1. The van der Waals surface area contributed by atoms with Crippen molar-refractivity contribution in [3.05, 3.63) is 35.4 Å². The molecule has 4 nitrogen and oxygen atoms in total. The first-order chi connectivity index (χ1) is 8.56. The number of hydrogen-bond donors (Lipinski definition) is 1. The minimum atomic E-state index is -0.0425. The van der Waals surface area contributed by atoms with Gasteiger partial charge in [0.05, 0.1) is 11.6 Å². The van der Waals surface area contributed by atoms with Crippen LogP contribution < -0.4 is 5.32 Å². The summed E-state index contributed by atoms with van der Waals surface area (Å²) in [5.41, 5.74) is 1.75. The first kappa shape index (κ1) is 14.2. The maximum atomic E-state index is 11.4. The third-order valence-corrected chi connectivity index (χ3v) is 2.79. The highest BCUT2D eigenvalue weighted by Gasteiger charge is 2.13. The zero-order valence-corrected chi connectivity index (χ0v) is 11.1. The molecule has 1 N–H and O–H groups in total. The summed E-state index contributed by atoms with van der Waals surface area (Å²) in [4.78, 5) is 13.5. The Kier molecular flexibility index (Phi) is 5.34. The Morgan fingerprint density at radius 2 is 2.28 bits per heavy atom. The molecule has 0 heterocycles. The van der Waals surface area contributed by atoms with Crippen LogP contribution in [0, 0.1) is 17.2 Å². The largest absolute Gasteiger partial charge is 0.359 e. The number of carbonyl (C=O) groups is 1. The van der Waals surface area contributed by atoms with Gasteiger partial charge in [-0.1, -0.05) is 19.1 Å². The van der Waals surface area contributed by atoms with Gasteiger partial charge in [0.2, 0.25) is 5.91 Å². The van der Waals surface area contributed by atoms with E-state index in [1.54, 1.807) is 13.1 Å². The molecule has 1 amide bonds. The molecule has 0 radical (unpaired) electrons. The van der Waals surface area contributed by atoms with Crippen LogP contribution in [-0.2, 0) is 11.3 Å². The van der Waals surface area contributed by atoms with E-state index in [9.17, 15) is 4.79 Å². The zero-order chi connectivity index (χ0) is 13.5. The van der Waals surface area contributed by atoms with E-state index in [-0.39, 0.29) is 11.8 Å². The van der Waals surface area contributed by atoms with Crippen LogP contribution in [-0.4, -0.2) is 31.4 Å². The predicted octanol–water partition coefficient (Wildman–Crippen LogP) is 1.37. The van der Waals surface area contributed by atoms with E-state index in [0.29, 0.717) is 12.1 Å². The lowest BCUT2D eigenvalue weighted by molar-refractivity contribution is -0.124. The topological polar surface area (TPSA) is 56.1 Å². The maximum absolute atomic E-state index is 11.4. The lowest BCUT2D eigenvalue weighted by Crippen LogP contribution is -2.34. The maximum Gasteiger partial charge on any atom is 0.223 e. The predicted molar refractivity (Wildman–Crippen MR) is 70.7 cm³/mol. The number of nitriles is 1. The molecule has 0 saturated heterocycles. The van der Waals surface area contributed by atoms with Crippen LogP contribution in [0.15, 0.2) is 24.3 Å². The van der Waals surface area contributed by atoms with Gasteiger partial charge in [0.1, 0.15) is 0 Å². The normalized spacial score (nSPS) is 11.9. The van der Waals surface area contributed by atoms with E-state index in [2.05, 4.69) is 16.3 Å². The zero-order valence-electron chi connectivity index (χ0n) is 11.1. The second kappa shape index (κ2) is 6.77. The summed E-state index contributed by atoms with van der Waals surface area (Å²) in [6.07, 6.45) is 0. The Labute approximate surface area is 108 Å². The Hall–Kier alpha value is -1.86. The molecular formula is C14H19N3O. The van der Waals surface area contributed by atoms with Gasteiger partial charge in [-0.3, -0.25) is 4.79 Å². The van der Waals surface area contributed by atoms with Crippen LogP contribution in [0.5, 0.6) is 0 Å².